The van der Waals surface area contributed by atoms with E-state index in [9.17, 15) is 9.59 Å². The van der Waals surface area contributed by atoms with E-state index in [1.165, 1.54) is 13.8 Å². The molecule has 0 unspecified atom stereocenters. The zero-order valence-electron chi connectivity index (χ0n) is 12.5. The van der Waals surface area contributed by atoms with E-state index in [4.69, 9.17) is 15.3 Å². The lowest BCUT2D eigenvalue weighted by atomic mass is 10.2. The molecule has 0 bridgehead atoms. The Hall–Kier alpha value is -0.900. The number of aliphatic hydroxyl groups excluding tert-OH is 3. The molecule has 8 heteroatoms. The first kappa shape index (κ1) is 26.6. The molecule has 0 aromatic rings. The Bertz CT molecular complexity index is 152. The molecule has 8 nitrogen and oxygen atoms in total. The van der Waals surface area contributed by atoms with Crippen LogP contribution in [0.2, 0.25) is 0 Å². The van der Waals surface area contributed by atoms with E-state index in [0.717, 1.165) is 0 Å². The van der Waals surface area contributed by atoms with Crippen LogP contribution in [0, 0.1) is 0 Å². The largest absolute Gasteiger partial charge is 0.381 e. The van der Waals surface area contributed by atoms with Crippen LogP contribution in [-0.2, 0) is 9.59 Å². The van der Waals surface area contributed by atoms with E-state index >= 15 is 0 Å². The minimum absolute atomic E-state index is 0.0625. The van der Waals surface area contributed by atoms with Gasteiger partial charge in [-0.25, -0.2) is 0 Å². The fourth-order valence-corrected chi connectivity index (χ4v) is 0.351. The summed E-state index contributed by atoms with van der Waals surface area (Å²) >= 11 is 0. The summed E-state index contributed by atoms with van der Waals surface area (Å²) in [5.74, 6) is -0.125. The molecule has 0 spiro atoms. The summed E-state index contributed by atoms with van der Waals surface area (Å²) in [6.45, 7) is 3.02. The number of hydrogen-bond acceptors (Lipinski definition) is 8. The summed E-state index contributed by atoms with van der Waals surface area (Å²) in [6.07, 6.45) is 0.0833. The summed E-state index contributed by atoms with van der Waals surface area (Å²) in [4.78, 5) is 20.1. The fourth-order valence-electron chi connectivity index (χ4n) is 0.351. The van der Waals surface area contributed by atoms with Gasteiger partial charge < -0.3 is 15.3 Å². The van der Waals surface area contributed by atoms with Crippen molar-refractivity contribution in [1.29, 1.82) is 0 Å². The minimum atomic E-state index is -0.0625. The predicted octanol–water partition coefficient (Wildman–Crippen LogP) is -1.98. The van der Waals surface area contributed by atoms with Crippen LogP contribution in [0.5, 0.6) is 0 Å². The zero-order chi connectivity index (χ0) is 16.1. The van der Waals surface area contributed by atoms with E-state index in [0.29, 0.717) is 0 Å². The standard InChI is InChI=1S/C5H8O2.3C2H7NO/c1-4(6)3-5(2)7;3*1-3-2-4/h3H2,1-2H3;3*3-4H,2H2,1H3. The van der Waals surface area contributed by atoms with Crippen molar-refractivity contribution in [3.8, 4) is 0 Å². The summed E-state index contributed by atoms with van der Waals surface area (Å²) in [5.41, 5.74) is 0. The van der Waals surface area contributed by atoms with Crippen LogP contribution >= 0.6 is 0 Å². The first-order valence-electron chi connectivity index (χ1n) is 5.62. The van der Waals surface area contributed by atoms with Gasteiger partial charge in [0.25, 0.3) is 0 Å². The number of carbonyl (C=O) groups is 2. The van der Waals surface area contributed by atoms with Gasteiger partial charge in [-0.05, 0) is 35.0 Å². The summed E-state index contributed by atoms with van der Waals surface area (Å²) < 4.78 is 0. The molecule has 0 aliphatic rings. The Balaban J connectivity index is -0.0000000825. The van der Waals surface area contributed by atoms with Gasteiger partial charge in [0, 0.05) is 0 Å². The monoisotopic (exact) mass is 283 g/mol. The van der Waals surface area contributed by atoms with E-state index in [1.54, 1.807) is 21.1 Å². The van der Waals surface area contributed by atoms with Gasteiger partial charge in [-0.2, -0.15) is 0 Å². The molecule has 118 valence electrons. The second kappa shape index (κ2) is 30.3. The number of hydrogen-bond donors (Lipinski definition) is 6. The van der Waals surface area contributed by atoms with Crippen molar-refractivity contribution < 1.29 is 24.9 Å². The lowest BCUT2D eigenvalue weighted by Gasteiger charge is -1.81. The van der Waals surface area contributed by atoms with Gasteiger partial charge in [-0.3, -0.25) is 25.5 Å². The summed E-state index contributed by atoms with van der Waals surface area (Å²) in [7, 11) is 5.04. The first-order valence-corrected chi connectivity index (χ1v) is 5.62. The van der Waals surface area contributed by atoms with E-state index in [-0.39, 0.29) is 38.2 Å². The highest BCUT2D eigenvalue weighted by Gasteiger charge is 1.94. The zero-order valence-corrected chi connectivity index (χ0v) is 12.5. The molecule has 0 radical (unpaired) electrons. The molecular weight excluding hydrogens is 254 g/mol. The van der Waals surface area contributed by atoms with Gasteiger partial charge in [0.15, 0.2) is 0 Å². The Labute approximate surface area is 115 Å². The molecule has 0 saturated carbocycles. The van der Waals surface area contributed by atoms with E-state index < -0.39 is 0 Å². The Kier molecular flexibility index (Phi) is 42.4. The molecular formula is C11H29N3O5. The van der Waals surface area contributed by atoms with E-state index in [2.05, 4.69) is 16.0 Å². The van der Waals surface area contributed by atoms with Gasteiger partial charge >= 0.3 is 0 Å². The number of ketones is 2. The van der Waals surface area contributed by atoms with Crippen molar-refractivity contribution in [3.05, 3.63) is 0 Å². The third-order valence-corrected chi connectivity index (χ3v) is 0.972. The number of rotatable bonds is 5. The third-order valence-electron chi connectivity index (χ3n) is 0.972. The molecule has 0 aromatic heterocycles. The maximum Gasteiger partial charge on any atom is 0.137 e. The molecule has 0 aromatic carbocycles. The van der Waals surface area contributed by atoms with Crippen LogP contribution in [0.25, 0.3) is 0 Å². The van der Waals surface area contributed by atoms with Crippen LogP contribution in [0.15, 0.2) is 0 Å². The summed E-state index contributed by atoms with van der Waals surface area (Å²) in [5, 5.41) is 30.8. The SMILES string of the molecule is CC(=O)CC(C)=O.CNCO.CNCO.CNCO. The van der Waals surface area contributed by atoms with Crippen LogP contribution < -0.4 is 16.0 Å². The molecule has 19 heavy (non-hydrogen) atoms. The fraction of sp³-hybridized carbons (Fsp3) is 0.818. The molecule has 0 atom stereocenters. The van der Waals surface area contributed by atoms with Crippen LogP contribution in [0.3, 0.4) is 0 Å². The predicted molar refractivity (Wildman–Crippen MR) is 74.4 cm³/mol. The number of nitrogens with one attached hydrogen (secondary N) is 3. The van der Waals surface area contributed by atoms with Gasteiger partial charge in [0.1, 0.15) is 11.6 Å². The molecule has 6 N–H and O–H groups in total. The summed E-state index contributed by atoms with van der Waals surface area (Å²) in [6, 6.07) is 0. The van der Waals surface area contributed by atoms with Crippen molar-refractivity contribution in [3.63, 3.8) is 0 Å². The average molecular weight is 283 g/mol. The normalized spacial score (nSPS) is 7.79. The van der Waals surface area contributed by atoms with Crippen LogP contribution in [-0.4, -0.2) is 68.2 Å². The minimum Gasteiger partial charge on any atom is -0.381 e. The Morgan fingerprint density at radius 1 is 0.737 bits per heavy atom. The highest BCUT2D eigenvalue weighted by Crippen LogP contribution is 1.80. The topological polar surface area (TPSA) is 131 Å². The van der Waals surface area contributed by atoms with E-state index in [1.807, 2.05) is 0 Å². The smallest absolute Gasteiger partial charge is 0.137 e. The molecule has 0 fully saturated rings. The molecule has 0 heterocycles. The quantitative estimate of drug-likeness (QED) is 0.253. The first-order chi connectivity index (χ1) is 8.87. The number of aliphatic hydroxyl groups is 3. The van der Waals surface area contributed by atoms with Crippen molar-refractivity contribution >= 4 is 11.6 Å². The van der Waals surface area contributed by atoms with Gasteiger partial charge in [-0.1, -0.05) is 0 Å². The highest BCUT2D eigenvalue weighted by molar-refractivity contribution is 5.96. The molecule has 0 aliphatic heterocycles. The van der Waals surface area contributed by atoms with Crippen LogP contribution in [0.4, 0.5) is 0 Å². The molecule has 0 rings (SSSR count). The second-order valence-corrected chi connectivity index (χ2v) is 3.12. The van der Waals surface area contributed by atoms with Gasteiger partial charge in [0.2, 0.25) is 0 Å². The van der Waals surface area contributed by atoms with Crippen molar-refractivity contribution in [2.45, 2.75) is 20.3 Å². The lowest BCUT2D eigenvalue weighted by Crippen LogP contribution is -2.04. The molecule has 0 aliphatic carbocycles. The maximum atomic E-state index is 10.0. The maximum absolute atomic E-state index is 10.0. The lowest BCUT2D eigenvalue weighted by molar-refractivity contribution is -0.124. The average Bonchev–Trinajstić information content (AvgIpc) is 2.38. The third kappa shape index (κ3) is 105. The number of Topliss-reactive ketones (excluding diaryl/α,β-unsaturated/α-hetero) is 2. The van der Waals surface area contributed by atoms with Gasteiger partial charge in [-0.15, -0.1) is 0 Å². The second-order valence-electron chi connectivity index (χ2n) is 3.12. The Morgan fingerprint density at radius 2 is 0.895 bits per heavy atom. The van der Waals surface area contributed by atoms with Crippen LogP contribution in [0.1, 0.15) is 20.3 Å². The van der Waals surface area contributed by atoms with Crippen molar-refractivity contribution in [2.24, 2.45) is 0 Å². The van der Waals surface area contributed by atoms with Gasteiger partial charge in [0.05, 0.1) is 26.6 Å². The van der Waals surface area contributed by atoms with Crippen molar-refractivity contribution in [1.82, 2.24) is 16.0 Å². The number of carbonyl (C=O) groups excluding carboxylic acids is 2. The molecule has 0 amide bonds. The highest BCUT2D eigenvalue weighted by atomic mass is 16.3. The van der Waals surface area contributed by atoms with Crippen molar-refractivity contribution in [2.75, 3.05) is 41.3 Å². The molecule has 0 saturated heterocycles. The Morgan fingerprint density at radius 3 is 0.895 bits per heavy atom.